The summed E-state index contributed by atoms with van der Waals surface area (Å²) < 4.78 is 6.53. The van der Waals surface area contributed by atoms with Crippen molar-refractivity contribution in [3.8, 4) is 5.75 Å². The third-order valence-corrected chi connectivity index (χ3v) is 4.22. The Morgan fingerprint density at radius 3 is 2.60 bits per heavy atom. The van der Waals surface area contributed by atoms with E-state index in [0.717, 1.165) is 27.9 Å². The van der Waals surface area contributed by atoms with Gasteiger partial charge in [0.05, 0.1) is 6.61 Å². The molecule has 0 aromatic heterocycles. The summed E-state index contributed by atoms with van der Waals surface area (Å²) in [6, 6.07) is 13.8. The first kappa shape index (κ1) is 19.3. The van der Waals surface area contributed by atoms with Gasteiger partial charge in [-0.25, -0.2) is 0 Å². The van der Waals surface area contributed by atoms with Gasteiger partial charge in [0.15, 0.2) is 0 Å². The molecule has 4 heteroatoms. The number of hydrogen-bond acceptors (Lipinski definition) is 2. The quantitative estimate of drug-likeness (QED) is 0.563. The predicted molar refractivity (Wildman–Crippen MR) is 108 cm³/mol. The fourth-order valence-corrected chi connectivity index (χ4v) is 2.80. The maximum absolute atomic E-state index is 12.1. The highest BCUT2D eigenvalue weighted by molar-refractivity contribution is 9.10. The summed E-state index contributed by atoms with van der Waals surface area (Å²) in [4.78, 5) is 12.1. The molecule has 0 fully saturated rings. The summed E-state index contributed by atoms with van der Waals surface area (Å²) in [5.41, 5.74) is 2.96. The number of aryl methyl sites for hydroxylation is 1. The maximum atomic E-state index is 12.1. The van der Waals surface area contributed by atoms with Gasteiger partial charge in [-0.05, 0) is 61.7 Å². The average Bonchev–Trinajstić information content (AvgIpc) is 2.61. The van der Waals surface area contributed by atoms with E-state index in [1.54, 1.807) is 6.08 Å². The minimum absolute atomic E-state index is 0.163. The smallest absolute Gasteiger partial charge is 0.248 e. The van der Waals surface area contributed by atoms with Gasteiger partial charge in [-0.1, -0.05) is 41.4 Å². The largest absolute Gasteiger partial charge is 0.493 e. The van der Waals surface area contributed by atoms with E-state index in [2.05, 4.69) is 40.3 Å². The minimum atomic E-state index is -0.163. The van der Waals surface area contributed by atoms with E-state index in [-0.39, 0.29) is 5.91 Å². The minimum Gasteiger partial charge on any atom is -0.493 e. The Balaban J connectivity index is 2.00. The lowest BCUT2D eigenvalue weighted by Gasteiger charge is -2.08. The molecule has 0 radical (unpaired) electrons. The van der Waals surface area contributed by atoms with E-state index in [1.165, 1.54) is 24.5 Å². The molecule has 1 N–H and O–H groups in total. The molecule has 2 aromatic carbocycles. The van der Waals surface area contributed by atoms with Gasteiger partial charge in [0.25, 0.3) is 0 Å². The molecule has 0 unspecified atom stereocenters. The van der Waals surface area contributed by atoms with E-state index < -0.39 is 0 Å². The first-order chi connectivity index (χ1) is 12.1. The molecule has 0 bridgehead atoms. The predicted octanol–water partition coefficient (Wildman–Crippen LogP) is 5.84. The number of nitrogens with one attached hydrogen (secondary N) is 1. The van der Waals surface area contributed by atoms with Crippen LogP contribution in [0.5, 0.6) is 5.75 Å². The van der Waals surface area contributed by atoms with Crippen molar-refractivity contribution in [1.29, 1.82) is 0 Å². The molecule has 3 nitrogen and oxygen atoms in total. The molecular formula is C21H24BrNO2. The fourth-order valence-electron chi connectivity index (χ4n) is 2.42. The van der Waals surface area contributed by atoms with Crippen LogP contribution in [0.15, 0.2) is 53.0 Å². The Hall–Kier alpha value is -2.07. The van der Waals surface area contributed by atoms with Crippen LogP contribution in [0, 0.1) is 0 Å². The summed E-state index contributed by atoms with van der Waals surface area (Å²) in [7, 11) is 0. The molecule has 132 valence electrons. The fraction of sp³-hybridized carbons (Fsp3) is 0.286. The Kier molecular flexibility index (Phi) is 7.74. The van der Waals surface area contributed by atoms with Crippen LogP contribution in [0.25, 0.3) is 6.08 Å². The molecular weight excluding hydrogens is 378 g/mol. The molecule has 0 aliphatic carbocycles. The summed E-state index contributed by atoms with van der Waals surface area (Å²) in [5.74, 6) is 0.596. The van der Waals surface area contributed by atoms with Gasteiger partial charge < -0.3 is 10.1 Å². The van der Waals surface area contributed by atoms with E-state index in [9.17, 15) is 4.79 Å². The van der Waals surface area contributed by atoms with Gasteiger partial charge in [0.1, 0.15) is 5.75 Å². The highest BCUT2D eigenvalue weighted by Gasteiger charge is 2.03. The number of hydrogen-bond donors (Lipinski definition) is 1. The zero-order chi connectivity index (χ0) is 18.1. The lowest BCUT2D eigenvalue weighted by Crippen LogP contribution is -2.07. The van der Waals surface area contributed by atoms with E-state index in [1.807, 2.05) is 37.3 Å². The Bertz CT molecular complexity index is 723. The number of halogens is 1. The topological polar surface area (TPSA) is 38.3 Å². The molecule has 2 aromatic rings. The molecule has 0 aliphatic rings. The van der Waals surface area contributed by atoms with Crippen molar-refractivity contribution in [2.45, 2.75) is 33.1 Å². The van der Waals surface area contributed by atoms with Crippen LogP contribution in [0.4, 0.5) is 5.69 Å². The number of amides is 1. The molecule has 0 saturated heterocycles. The summed E-state index contributed by atoms with van der Waals surface area (Å²) in [6.07, 6.45) is 6.73. The van der Waals surface area contributed by atoms with E-state index in [4.69, 9.17) is 4.74 Å². The van der Waals surface area contributed by atoms with Gasteiger partial charge in [-0.15, -0.1) is 0 Å². The highest BCUT2D eigenvalue weighted by atomic mass is 79.9. The summed E-state index contributed by atoms with van der Waals surface area (Å²) >= 11 is 3.44. The maximum Gasteiger partial charge on any atom is 0.248 e. The third kappa shape index (κ3) is 6.39. The lowest BCUT2D eigenvalue weighted by atomic mass is 10.1. The normalized spacial score (nSPS) is 10.8. The van der Waals surface area contributed by atoms with Gasteiger partial charge in [-0.2, -0.15) is 0 Å². The van der Waals surface area contributed by atoms with Gasteiger partial charge >= 0.3 is 0 Å². The number of ether oxygens (including phenoxy) is 1. The number of anilines is 1. The Morgan fingerprint density at radius 2 is 1.92 bits per heavy atom. The molecule has 0 saturated carbocycles. The summed E-state index contributed by atoms with van der Waals surface area (Å²) in [6.45, 7) is 4.70. The molecule has 0 spiro atoms. The second kappa shape index (κ2) is 10.0. The third-order valence-electron chi connectivity index (χ3n) is 3.73. The van der Waals surface area contributed by atoms with E-state index >= 15 is 0 Å². The van der Waals surface area contributed by atoms with Crippen LogP contribution in [0.3, 0.4) is 0 Å². The van der Waals surface area contributed by atoms with Crippen molar-refractivity contribution in [3.05, 3.63) is 64.1 Å². The number of carbonyl (C=O) groups excluding carboxylic acids is 1. The van der Waals surface area contributed by atoms with Gasteiger partial charge in [0, 0.05) is 21.8 Å². The zero-order valence-corrected chi connectivity index (χ0v) is 16.3. The molecule has 0 aliphatic heterocycles. The average molecular weight is 402 g/mol. The molecule has 0 atom stereocenters. The van der Waals surface area contributed by atoms with Crippen molar-refractivity contribution in [3.63, 3.8) is 0 Å². The van der Waals surface area contributed by atoms with Crippen LogP contribution in [0.1, 0.15) is 37.8 Å². The number of benzene rings is 2. The van der Waals surface area contributed by atoms with Crippen LogP contribution < -0.4 is 10.1 Å². The summed E-state index contributed by atoms with van der Waals surface area (Å²) in [5, 5.41) is 2.88. The first-order valence-corrected chi connectivity index (χ1v) is 9.42. The van der Waals surface area contributed by atoms with Crippen molar-refractivity contribution in [2.24, 2.45) is 0 Å². The van der Waals surface area contributed by atoms with Crippen LogP contribution in [-0.2, 0) is 11.2 Å². The van der Waals surface area contributed by atoms with Crippen molar-refractivity contribution >= 4 is 33.6 Å². The molecule has 2 rings (SSSR count). The Labute approximate surface area is 158 Å². The molecule has 1 amide bonds. The standard InChI is InChI=1S/C21H24BrNO2/c1-3-5-6-16-7-11-19(12-8-16)23-21(24)14-9-17-15-18(22)10-13-20(17)25-4-2/h7-15H,3-6H2,1-2H3,(H,23,24)/b14-9+. The van der Waals surface area contributed by atoms with Crippen LogP contribution in [0.2, 0.25) is 0 Å². The number of rotatable bonds is 8. The van der Waals surface area contributed by atoms with Crippen molar-refractivity contribution in [1.82, 2.24) is 0 Å². The second-order valence-electron chi connectivity index (χ2n) is 5.74. The highest BCUT2D eigenvalue weighted by Crippen LogP contribution is 2.24. The zero-order valence-electron chi connectivity index (χ0n) is 14.7. The molecule has 25 heavy (non-hydrogen) atoms. The Morgan fingerprint density at radius 1 is 1.16 bits per heavy atom. The number of carbonyl (C=O) groups is 1. The SMILES string of the molecule is CCCCc1ccc(NC(=O)/C=C/c2cc(Br)ccc2OCC)cc1. The van der Waals surface area contributed by atoms with Crippen molar-refractivity contribution < 1.29 is 9.53 Å². The monoisotopic (exact) mass is 401 g/mol. The van der Waals surface area contributed by atoms with Crippen LogP contribution >= 0.6 is 15.9 Å². The van der Waals surface area contributed by atoms with Crippen LogP contribution in [-0.4, -0.2) is 12.5 Å². The van der Waals surface area contributed by atoms with Crippen molar-refractivity contribution in [2.75, 3.05) is 11.9 Å². The van der Waals surface area contributed by atoms with Gasteiger partial charge in [0.2, 0.25) is 5.91 Å². The van der Waals surface area contributed by atoms with E-state index in [0.29, 0.717) is 6.61 Å². The number of unbranched alkanes of at least 4 members (excludes halogenated alkanes) is 1. The van der Waals surface area contributed by atoms with Gasteiger partial charge in [-0.3, -0.25) is 4.79 Å². The second-order valence-corrected chi connectivity index (χ2v) is 6.65. The molecule has 0 heterocycles. The lowest BCUT2D eigenvalue weighted by molar-refractivity contribution is -0.111. The first-order valence-electron chi connectivity index (χ1n) is 8.62.